The summed E-state index contributed by atoms with van der Waals surface area (Å²) in [7, 11) is 0. The Bertz CT molecular complexity index is 1390. The summed E-state index contributed by atoms with van der Waals surface area (Å²) in [5.74, 6) is -1.24. The van der Waals surface area contributed by atoms with Crippen LogP contribution in [0.1, 0.15) is 33.5 Å². The topological polar surface area (TPSA) is 69.7 Å². The molecule has 0 atom stereocenters. The molecule has 3 aromatic carbocycles. The highest BCUT2D eigenvalue weighted by Crippen LogP contribution is 2.32. The predicted molar refractivity (Wildman–Crippen MR) is 138 cm³/mol. The van der Waals surface area contributed by atoms with Crippen molar-refractivity contribution in [3.05, 3.63) is 99.7 Å². The predicted octanol–water partition coefficient (Wildman–Crippen LogP) is 5.33. The van der Waals surface area contributed by atoms with Crippen molar-refractivity contribution in [2.45, 2.75) is 26.7 Å². The molecule has 2 aliphatic heterocycles. The Morgan fingerprint density at radius 3 is 2.46 bits per heavy atom. The van der Waals surface area contributed by atoms with Gasteiger partial charge < -0.3 is 10.2 Å². The van der Waals surface area contributed by atoms with Crippen molar-refractivity contribution in [2.75, 3.05) is 21.7 Å². The number of halogens is 1. The fourth-order valence-corrected chi connectivity index (χ4v) is 4.68. The van der Waals surface area contributed by atoms with Crippen LogP contribution >= 0.6 is 11.6 Å². The standard InChI is InChI=1S/C28H24ClN3O3/c1-17-9-13-21(14-10-17)32-27(34)24(29)25(28(32)35)30-22-16-20(12-11-18(22)2)26(33)31-15-5-7-19-6-3-4-8-23(19)31/h3-4,6,8-14,16,30H,5,7,15H2,1-2H3. The highest BCUT2D eigenvalue weighted by Gasteiger charge is 2.39. The molecule has 2 aliphatic rings. The average molecular weight is 486 g/mol. The van der Waals surface area contributed by atoms with Gasteiger partial charge in [0, 0.05) is 23.5 Å². The molecule has 0 saturated carbocycles. The summed E-state index contributed by atoms with van der Waals surface area (Å²) in [6.45, 7) is 4.43. The zero-order chi connectivity index (χ0) is 24.7. The van der Waals surface area contributed by atoms with Crippen LogP contribution < -0.4 is 15.1 Å². The molecular weight excluding hydrogens is 462 g/mol. The molecule has 176 valence electrons. The van der Waals surface area contributed by atoms with Crippen LogP contribution in [0.3, 0.4) is 0 Å². The lowest BCUT2D eigenvalue weighted by atomic mass is 10.0. The first-order chi connectivity index (χ1) is 16.8. The van der Waals surface area contributed by atoms with Gasteiger partial charge in [-0.05, 0) is 68.1 Å². The smallest absolute Gasteiger partial charge is 0.283 e. The number of hydrogen-bond donors (Lipinski definition) is 1. The molecule has 0 radical (unpaired) electrons. The number of carbonyl (C=O) groups excluding carboxylic acids is 3. The number of amides is 3. The Hall–Kier alpha value is -3.90. The monoisotopic (exact) mass is 485 g/mol. The van der Waals surface area contributed by atoms with Gasteiger partial charge in [-0.25, -0.2) is 4.90 Å². The average Bonchev–Trinajstić information content (AvgIpc) is 3.08. The largest absolute Gasteiger partial charge is 0.349 e. The van der Waals surface area contributed by atoms with E-state index in [0.717, 1.165) is 40.1 Å². The minimum Gasteiger partial charge on any atom is -0.349 e. The fourth-order valence-electron chi connectivity index (χ4n) is 4.46. The highest BCUT2D eigenvalue weighted by atomic mass is 35.5. The van der Waals surface area contributed by atoms with Crippen LogP contribution in [0.2, 0.25) is 0 Å². The van der Waals surface area contributed by atoms with Gasteiger partial charge in [0.1, 0.15) is 10.7 Å². The van der Waals surface area contributed by atoms with E-state index in [0.29, 0.717) is 23.5 Å². The summed E-state index contributed by atoms with van der Waals surface area (Å²) in [4.78, 5) is 42.2. The number of benzene rings is 3. The number of fused-ring (bicyclic) bond motifs is 1. The molecule has 3 amide bonds. The first kappa shape index (κ1) is 22.9. The molecule has 2 heterocycles. The van der Waals surface area contributed by atoms with Crippen molar-refractivity contribution in [2.24, 2.45) is 0 Å². The van der Waals surface area contributed by atoms with Crippen molar-refractivity contribution in [3.8, 4) is 0 Å². The third-order valence-electron chi connectivity index (χ3n) is 6.42. The summed E-state index contributed by atoms with van der Waals surface area (Å²) >= 11 is 6.31. The number of nitrogens with one attached hydrogen (secondary N) is 1. The Balaban J connectivity index is 1.43. The van der Waals surface area contributed by atoms with Crippen molar-refractivity contribution >= 4 is 46.4 Å². The number of aryl methyl sites for hydroxylation is 3. The van der Waals surface area contributed by atoms with E-state index in [1.807, 2.05) is 56.3 Å². The zero-order valence-corrected chi connectivity index (χ0v) is 20.2. The second kappa shape index (κ2) is 9.04. The Kier molecular flexibility index (Phi) is 5.91. The van der Waals surface area contributed by atoms with Crippen LogP contribution in [0, 0.1) is 13.8 Å². The number of anilines is 3. The molecule has 0 unspecified atom stereocenters. The number of imide groups is 1. The zero-order valence-electron chi connectivity index (χ0n) is 19.5. The summed E-state index contributed by atoms with van der Waals surface area (Å²) in [6.07, 6.45) is 1.84. The maximum Gasteiger partial charge on any atom is 0.283 e. The molecule has 0 spiro atoms. The molecule has 35 heavy (non-hydrogen) atoms. The number of nitrogens with zero attached hydrogens (tertiary/aromatic N) is 2. The van der Waals surface area contributed by atoms with E-state index >= 15 is 0 Å². The van der Waals surface area contributed by atoms with Gasteiger partial charge in [-0.1, -0.05) is 53.6 Å². The fraction of sp³-hybridized carbons (Fsp3) is 0.179. The van der Waals surface area contributed by atoms with Crippen LogP contribution in [-0.2, 0) is 16.0 Å². The van der Waals surface area contributed by atoms with E-state index in [4.69, 9.17) is 11.6 Å². The SMILES string of the molecule is Cc1ccc(N2C(=O)C(Cl)=C(Nc3cc(C(=O)N4CCCc5ccccc54)ccc3C)C2=O)cc1. The van der Waals surface area contributed by atoms with E-state index < -0.39 is 11.8 Å². The van der Waals surface area contributed by atoms with Gasteiger partial charge in [0.05, 0.1) is 5.69 Å². The van der Waals surface area contributed by atoms with E-state index in [1.165, 1.54) is 0 Å². The van der Waals surface area contributed by atoms with E-state index in [-0.39, 0.29) is 16.6 Å². The van der Waals surface area contributed by atoms with Crippen molar-refractivity contribution < 1.29 is 14.4 Å². The first-order valence-corrected chi connectivity index (χ1v) is 11.9. The van der Waals surface area contributed by atoms with Crippen LogP contribution in [0.25, 0.3) is 0 Å². The molecule has 3 aromatic rings. The van der Waals surface area contributed by atoms with Gasteiger partial charge in [-0.3, -0.25) is 14.4 Å². The van der Waals surface area contributed by atoms with E-state index in [1.54, 1.807) is 29.2 Å². The quantitative estimate of drug-likeness (QED) is 0.507. The number of para-hydroxylation sites is 1. The Morgan fingerprint density at radius 1 is 0.943 bits per heavy atom. The number of hydrogen-bond acceptors (Lipinski definition) is 4. The molecule has 0 saturated heterocycles. The lowest BCUT2D eigenvalue weighted by molar-refractivity contribution is -0.120. The molecule has 0 aromatic heterocycles. The molecule has 5 rings (SSSR count). The first-order valence-electron chi connectivity index (χ1n) is 11.5. The van der Waals surface area contributed by atoms with Crippen LogP contribution in [0.4, 0.5) is 17.1 Å². The van der Waals surface area contributed by atoms with Gasteiger partial charge in [0.25, 0.3) is 17.7 Å². The summed E-state index contributed by atoms with van der Waals surface area (Å²) in [6, 6.07) is 20.3. The summed E-state index contributed by atoms with van der Waals surface area (Å²) in [5.41, 5.74) is 5.37. The van der Waals surface area contributed by atoms with Crippen LogP contribution in [-0.4, -0.2) is 24.3 Å². The van der Waals surface area contributed by atoms with Crippen molar-refractivity contribution in [3.63, 3.8) is 0 Å². The summed E-state index contributed by atoms with van der Waals surface area (Å²) < 4.78 is 0. The molecular formula is C28H24ClN3O3. The van der Waals surface area contributed by atoms with E-state index in [2.05, 4.69) is 5.32 Å². The normalized spacial score (nSPS) is 15.5. The summed E-state index contributed by atoms with van der Waals surface area (Å²) in [5, 5.41) is 2.85. The molecule has 6 nitrogen and oxygen atoms in total. The number of carbonyl (C=O) groups is 3. The Morgan fingerprint density at radius 2 is 1.69 bits per heavy atom. The van der Waals surface area contributed by atoms with Crippen LogP contribution in [0.15, 0.2) is 77.5 Å². The lowest BCUT2D eigenvalue weighted by Crippen LogP contribution is -2.35. The third-order valence-corrected chi connectivity index (χ3v) is 6.77. The van der Waals surface area contributed by atoms with Crippen LogP contribution in [0.5, 0.6) is 0 Å². The lowest BCUT2D eigenvalue weighted by Gasteiger charge is -2.29. The maximum atomic E-state index is 13.4. The van der Waals surface area contributed by atoms with Crippen molar-refractivity contribution in [1.82, 2.24) is 0 Å². The van der Waals surface area contributed by atoms with Crippen molar-refractivity contribution in [1.29, 1.82) is 0 Å². The second-order valence-corrected chi connectivity index (χ2v) is 9.19. The van der Waals surface area contributed by atoms with Gasteiger partial charge in [-0.15, -0.1) is 0 Å². The molecule has 0 bridgehead atoms. The molecule has 7 heteroatoms. The molecule has 0 aliphatic carbocycles. The Labute approximate surface area is 208 Å². The van der Waals surface area contributed by atoms with Gasteiger partial charge in [-0.2, -0.15) is 0 Å². The van der Waals surface area contributed by atoms with E-state index in [9.17, 15) is 14.4 Å². The van der Waals surface area contributed by atoms with Gasteiger partial charge in [0.15, 0.2) is 0 Å². The number of rotatable bonds is 4. The third kappa shape index (κ3) is 4.10. The maximum absolute atomic E-state index is 13.4. The highest BCUT2D eigenvalue weighted by molar-refractivity contribution is 6.53. The van der Waals surface area contributed by atoms with Gasteiger partial charge >= 0.3 is 0 Å². The minimum absolute atomic E-state index is 0.00624. The van der Waals surface area contributed by atoms with Gasteiger partial charge in [0.2, 0.25) is 0 Å². The second-order valence-electron chi connectivity index (χ2n) is 8.81. The molecule has 1 N–H and O–H groups in total. The minimum atomic E-state index is -0.585. The molecule has 0 fully saturated rings.